The molecule has 0 aromatic heterocycles. The van der Waals surface area contributed by atoms with Crippen LogP contribution in [0.5, 0.6) is 0 Å². The van der Waals surface area contributed by atoms with Crippen LogP contribution >= 0.6 is 0 Å². The van der Waals surface area contributed by atoms with Crippen molar-refractivity contribution in [3.05, 3.63) is 0 Å². The molecule has 3 rings (SSSR count). The molecule has 3 aliphatic rings. The van der Waals surface area contributed by atoms with E-state index in [0.717, 1.165) is 45.4 Å². The lowest BCUT2D eigenvalue weighted by Crippen LogP contribution is -2.50. The van der Waals surface area contributed by atoms with Crippen molar-refractivity contribution < 1.29 is 19.0 Å². The monoisotopic (exact) mass is 298 g/mol. The number of nitrogens with zero attached hydrogens (tertiary/aromatic N) is 1. The van der Waals surface area contributed by atoms with Crippen LogP contribution in [0.4, 0.5) is 0 Å². The first-order valence-corrected chi connectivity index (χ1v) is 8.09. The van der Waals surface area contributed by atoms with E-state index in [-0.39, 0.29) is 24.2 Å². The number of piperidine rings is 1. The summed E-state index contributed by atoms with van der Waals surface area (Å²) in [6.07, 6.45) is 4.06. The molecule has 3 saturated heterocycles. The highest BCUT2D eigenvalue weighted by atomic mass is 16.5. The molecular formula is C15H26N2O4. The number of rotatable bonds is 3. The number of hydrogen-bond acceptors (Lipinski definition) is 5. The molecule has 6 nitrogen and oxygen atoms in total. The average Bonchev–Trinajstić information content (AvgIpc) is 2.54. The van der Waals surface area contributed by atoms with Gasteiger partial charge in [0.25, 0.3) is 0 Å². The molecule has 3 heterocycles. The fourth-order valence-corrected chi connectivity index (χ4v) is 3.45. The number of ether oxygens (including phenoxy) is 3. The maximum absolute atomic E-state index is 12.1. The maximum atomic E-state index is 12.1. The van der Waals surface area contributed by atoms with Crippen molar-refractivity contribution in [2.45, 2.75) is 37.4 Å². The van der Waals surface area contributed by atoms with Crippen LogP contribution in [0.1, 0.15) is 25.7 Å². The SMILES string of the molecule is O=C(COC1CCOC2(CCNCC2)C1)N1CCOCC1. The summed E-state index contributed by atoms with van der Waals surface area (Å²) in [7, 11) is 0. The van der Waals surface area contributed by atoms with Crippen molar-refractivity contribution in [3.63, 3.8) is 0 Å². The van der Waals surface area contributed by atoms with Gasteiger partial charge in [-0.3, -0.25) is 4.79 Å². The van der Waals surface area contributed by atoms with Crippen LogP contribution in [0.25, 0.3) is 0 Å². The Morgan fingerprint density at radius 1 is 1.24 bits per heavy atom. The molecule has 6 heteroatoms. The highest BCUT2D eigenvalue weighted by molar-refractivity contribution is 5.77. The summed E-state index contributed by atoms with van der Waals surface area (Å²) in [5.41, 5.74) is -0.0177. The average molecular weight is 298 g/mol. The van der Waals surface area contributed by atoms with Crippen LogP contribution < -0.4 is 5.32 Å². The minimum Gasteiger partial charge on any atom is -0.378 e. The maximum Gasteiger partial charge on any atom is 0.248 e. The van der Waals surface area contributed by atoms with Gasteiger partial charge in [0.2, 0.25) is 5.91 Å². The van der Waals surface area contributed by atoms with Gasteiger partial charge in [0.1, 0.15) is 6.61 Å². The number of amides is 1. The third-order valence-corrected chi connectivity index (χ3v) is 4.77. The lowest BCUT2D eigenvalue weighted by Gasteiger charge is -2.43. The van der Waals surface area contributed by atoms with E-state index in [0.29, 0.717) is 26.3 Å². The normalized spacial score (nSPS) is 29.5. The lowest BCUT2D eigenvalue weighted by molar-refractivity contribution is -0.159. The number of morpholine rings is 1. The Hall–Kier alpha value is -0.690. The third kappa shape index (κ3) is 3.94. The topological polar surface area (TPSA) is 60.0 Å². The predicted octanol–water partition coefficient (Wildman–Crippen LogP) is 0.163. The minimum absolute atomic E-state index is 0.0177. The van der Waals surface area contributed by atoms with Gasteiger partial charge in [-0.1, -0.05) is 0 Å². The second kappa shape index (κ2) is 7.05. The molecule has 0 radical (unpaired) electrons. The molecule has 0 saturated carbocycles. The summed E-state index contributed by atoms with van der Waals surface area (Å²) in [6.45, 7) is 5.61. The Morgan fingerprint density at radius 3 is 2.76 bits per heavy atom. The van der Waals surface area contributed by atoms with Crippen molar-refractivity contribution >= 4 is 5.91 Å². The van der Waals surface area contributed by atoms with Crippen molar-refractivity contribution in [2.75, 3.05) is 52.6 Å². The summed E-state index contributed by atoms with van der Waals surface area (Å²) >= 11 is 0. The molecule has 3 aliphatic heterocycles. The van der Waals surface area contributed by atoms with E-state index in [2.05, 4.69) is 5.32 Å². The molecule has 1 N–H and O–H groups in total. The van der Waals surface area contributed by atoms with E-state index >= 15 is 0 Å². The zero-order valence-electron chi connectivity index (χ0n) is 12.6. The van der Waals surface area contributed by atoms with Gasteiger partial charge in [-0.2, -0.15) is 0 Å². The molecule has 21 heavy (non-hydrogen) atoms. The first-order valence-electron chi connectivity index (χ1n) is 8.09. The van der Waals surface area contributed by atoms with Gasteiger partial charge in [-0.05, 0) is 32.4 Å². The second-order valence-electron chi connectivity index (χ2n) is 6.20. The van der Waals surface area contributed by atoms with Crippen molar-refractivity contribution in [3.8, 4) is 0 Å². The zero-order valence-corrected chi connectivity index (χ0v) is 12.6. The van der Waals surface area contributed by atoms with Crippen LogP contribution in [-0.2, 0) is 19.0 Å². The van der Waals surface area contributed by atoms with Crippen LogP contribution in [0.15, 0.2) is 0 Å². The van der Waals surface area contributed by atoms with Crippen molar-refractivity contribution in [1.82, 2.24) is 10.2 Å². The first-order chi connectivity index (χ1) is 10.3. The predicted molar refractivity (Wildman–Crippen MR) is 77.2 cm³/mol. The molecule has 120 valence electrons. The Kier molecular flexibility index (Phi) is 5.11. The van der Waals surface area contributed by atoms with E-state index < -0.39 is 0 Å². The zero-order chi connectivity index (χ0) is 14.5. The molecule has 3 fully saturated rings. The first kappa shape index (κ1) is 15.2. The molecule has 1 unspecified atom stereocenters. The van der Waals surface area contributed by atoms with Crippen LogP contribution in [0.2, 0.25) is 0 Å². The van der Waals surface area contributed by atoms with Gasteiger partial charge < -0.3 is 24.4 Å². The van der Waals surface area contributed by atoms with Crippen molar-refractivity contribution in [1.29, 1.82) is 0 Å². The van der Waals surface area contributed by atoms with Crippen LogP contribution in [0.3, 0.4) is 0 Å². The fourth-order valence-electron chi connectivity index (χ4n) is 3.45. The van der Waals surface area contributed by atoms with Gasteiger partial charge >= 0.3 is 0 Å². The van der Waals surface area contributed by atoms with Crippen molar-refractivity contribution in [2.24, 2.45) is 0 Å². The van der Waals surface area contributed by atoms with Gasteiger partial charge in [-0.15, -0.1) is 0 Å². The molecule has 0 aromatic rings. The largest absolute Gasteiger partial charge is 0.378 e. The molecule has 1 atom stereocenters. The van der Waals surface area contributed by atoms with E-state index in [1.165, 1.54) is 0 Å². The smallest absolute Gasteiger partial charge is 0.248 e. The van der Waals surface area contributed by atoms with E-state index in [9.17, 15) is 4.79 Å². The Bertz CT molecular complexity index is 346. The summed E-state index contributed by atoms with van der Waals surface area (Å²) in [6, 6.07) is 0. The minimum atomic E-state index is -0.0177. The van der Waals surface area contributed by atoms with Gasteiger partial charge in [0.15, 0.2) is 0 Å². The van der Waals surface area contributed by atoms with E-state index in [4.69, 9.17) is 14.2 Å². The summed E-state index contributed by atoms with van der Waals surface area (Å²) < 4.78 is 17.2. The van der Waals surface area contributed by atoms with Gasteiger partial charge in [-0.25, -0.2) is 0 Å². The molecule has 0 aromatic carbocycles. The van der Waals surface area contributed by atoms with Gasteiger partial charge in [0.05, 0.1) is 24.9 Å². The molecule has 1 spiro atoms. The molecule has 0 aliphatic carbocycles. The van der Waals surface area contributed by atoms with Crippen LogP contribution in [-0.4, -0.2) is 75.1 Å². The fraction of sp³-hybridized carbons (Fsp3) is 0.933. The van der Waals surface area contributed by atoms with E-state index in [1.54, 1.807) is 0 Å². The highest BCUT2D eigenvalue weighted by Crippen LogP contribution is 2.34. The van der Waals surface area contributed by atoms with Crippen LogP contribution in [0, 0.1) is 0 Å². The lowest BCUT2D eigenvalue weighted by atomic mass is 9.84. The highest BCUT2D eigenvalue weighted by Gasteiger charge is 2.39. The molecule has 0 bridgehead atoms. The number of nitrogens with one attached hydrogen (secondary N) is 1. The summed E-state index contributed by atoms with van der Waals surface area (Å²) in [4.78, 5) is 13.9. The Balaban J connectivity index is 1.45. The molecule has 1 amide bonds. The number of hydrogen-bond donors (Lipinski definition) is 1. The molecular weight excluding hydrogens is 272 g/mol. The second-order valence-corrected chi connectivity index (χ2v) is 6.20. The quantitative estimate of drug-likeness (QED) is 0.804. The number of carbonyl (C=O) groups excluding carboxylic acids is 1. The Labute approximate surface area is 126 Å². The van der Waals surface area contributed by atoms with E-state index in [1.807, 2.05) is 4.90 Å². The third-order valence-electron chi connectivity index (χ3n) is 4.77. The Morgan fingerprint density at radius 2 is 2.00 bits per heavy atom. The number of carbonyl (C=O) groups is 1. The summed E-state index contributed by atoms with van der Waals surface area (Å²) in [5.74, 6) is 0.0872. The van der Waals surface area contributed by atoms with Gasteiger partial charge in [0, 0.05) is 26.1 Å². The summed E-state index contributed by atoms with van der Waals surface area (Å²) in [5, 5.41) is 3.37. The standard InChI is InChI=1S/C15H26N2O4/c18-14(17-6-9-19-10-7-17)12-20-13-1-8-21-15(11-13)2-4-16-5-3-15/h13,16H,1-12H2.